The molecule has 2 heteroatoms. The van der Waals surface area contributed by atoms with E-state index in [1.165, 1.54) is 71.1 Å². The topological polar surface area (TPSA) is 15.3 Å². The van der Waals surface area contributed by atoms with Gasteiger partial charge in [-0.25, -0.2) is 0 Å². The normalized spacial score (nSPS) is 27.9. The van der Waals surface area contributed by atoms with Crippen LogP contribution in [-0.2, 0) is 0 Å². The van der Waals surface area contributed by atoms with Crippen molar-refractivity contribution in [2.45, 2.75) is 57.9 Å². The molecule has 1 N–H and O–H groups in total. The van der Waals surface area contributed by atoms with Crippen LogP contribution >= 0.6 is 0 Å². The van der Waals surface area contributed by atoms with Gasteiger partial charge in [0.05, 0.1) is 0 Å². The van der Waals surface area contributed by atoms with Gasteiger partial charge in [-0.3, -0.25) is 0 Å². The molecule has 1 aliphatic carbocycles. The Morgan fingerprint density at radius 1 is 1.19 bits per heavy atom. The summed E-state index contributed by atoms with van der Waals surface area (Å²) in [6.07, 6.45) is 9.88. The second-order valence-corrected chi connectivity index (χ2v) is 5.65. The summed E-state index contributed by atoms with van der Waals surface area (Å²) < 4.78 is 0. The first-order valence-corrected chi connectivity index (χ1v) is 7.34. The molecule has 1 saturated carbocycles. The first-order valence-electron chi connectivity index (χ1n) is 7.34. The lowest BCUT2D eigenvalue weighted by molar-refractivity contribution is 0.313. The molecule has 1 unspecified atom stereocenters. The van der Waals surface area contributed by atoms with Crippen LogP contribution in [-0.4, -0.2) is 37.1 Å². The summed E-state index contributed by atoms with van der Waals surface area (Å²) >= 11 is 0. The summed E-state index contributed by atoms with van der Waals surface area (Å²) in [4.78, 5) is 2.66. The van der Waals surface area contributed by atoms with E-state index in [0.29, 0.717) is 0 Å². The largest absolute Gasteiger partial charge is 0.314 e. The Bertz CT molecular complexity index is 187. The molecule has 2 rings (SSSR count). The molecule has 0 radical (unpaired) electrons. The maximum atomic E-state index is 3.70. The molecule has 2 nitrogen and oxygen atoms in total. The fraction of sp³-hybridized carbons (Fsp3) is 1.00. The zero-order chi connectivity index (χ0) is 11.2. The van der Waals surface area contributed by atoms with Crippen molar-refractivity contribution in [3.8, 4) is 0 Å². The van der Waals surface area contributed by atoms with E-state index >= 15 is 0 Å². The number of nitrogens with one attached hydrogen (secondary N) is 1. The van der Waals surface area contributed by atoms with Crippen LogP contribution in [0.3, 0.4) is 0 Å². The van der Waals surface area contributed by atoms with Gasteiger partial charge in [-0.1, -0.05) is 26.2 Å². The van der Waals surface area contributed by atoms with Crippen molar-refractivity contribution in [2.75, 3.05) is 26.2 Å². The summed E-state index contributed by atoms with van der Waals surface area (Å²) in [5, 5.41) is 3.70. The lowest BCUT2D eigenvalue weighted by Crippen LogP contribution is -2.30. The average Bonchev–Trinajstić information content (AvgIpc) is 2.95. The Hall–Kier alpha value is -0.0800. The molecule has 0 aromatic rings. The smallest absolute Gasteiger partial charge is 0.00670 e. The van der Waals surface area contributed by atoms with Gasteiger partial charge >= 0.3 is 0 Å². The molecule has 0 spiro atoms. The van der Waals surface area contributed by atoms with Crippen molar-refractivity contribution in [1.29, 1.82) is 0 Å². The molecule has 16 heavy (non-hydrogen) atoms. The van der Waals surface area contributed by atoms with Crippen molar-refractivity contribution in [2.24, 2.45) is 5.92 Å². The van der Waals surface area contributed by atoms with Gasteiger partial charge in [0.2, 0.25) is 0 Å². The monoisotopic (exact) mass is 224 g/mol. The summed E-state index contributed by atoms with van der Waals surface area (Å²) in [5.41, 5.74) is 0. The summed E-state index contributed by atoms with van der Waals surface area (Å²) in [5.74, 6) is 0.989. The average molecular weight is 224 g/mol. The fourth-order valence-electron chi connectivity index (χ4n) is 3.19. The zero-order valence-electron chi connectivity index (χ0n) is 10.9. The van der Waals surface area contributed by atoms with Gasteiger partial charge in [-0.05, 0) is 51.2 Å². The van der Waals surface area contributed by atoms with E-state index in [1.807, 2.05) is 0 Å². The molecule has 0 amide bonds. The Balaban J connectivity index is 1.48. The fourth-order valence-corrected chi connectivity index (χ4v) is 3.19. The van der Waals surface area contributed by atoms with Crippen molar-refractivity contribution in [3.05, 3.63) is 0 Å². The van der Waals surface area contributed by atoms with Gasteiger partial charge in [0.1, 0.15) is 0 Å². The molecule has 94 valence electrons. The quantitative estimate of drug-likeness (QED) is 0.698. The highest BCUT2D eigenvalue weighted by atomic mass is 15.1. The molecule has 0 bridgehead atoms. The van der Waals surface area contributed by atoms with Crippen molar-refractivity contribution in [3.63, 3.8) is 0 Å². The molecule has 1 saturated heterocycles. The minimum atomic E-state index is 0.849. The third-order valence-electron chi connectivity index (χ3n) is 4.39. The van der Waals surface area contributed by atoms with Crippen molar-refractivity contribution < 1.29 is 0 Å². The van der Waals surface area contributed by atoms with E-state index in [0.717, 1.165) is 12.0 Å². The van der Waals surface area contributed by atoms with Crippen LogP contribution in [0.5, 0.6) is 0 Å². The lowest BCUT2D eigenvalue weighted by Gasteiger charge is -2.17. The highest BCUT2D eigenvalue weighted by Crippen LogP contribution is 2.19. The minimum Gasteiger partial charge on any atom is -0.314 e. The number of nitrogens with zero attached hydrogens (tertiary/aromatic N) is 1. The predicted molar refractivity (Wildman–Crippen MR) is 69.7 cm³/mol. The Morgan fingerprint density at radius 3 is 2.69 bits per heavy atom. The molecule has 1 heterocycles. The third-order valence-corrected chi connectivity index (χ3v) is 4.39. The number of rotatable bonds is 6. The second-order valence-electron chi connectivity index (χ2n) is 5.65. The van der Waals surface area contributed by atoms with Crippen LogP contribution < -0.4 is 5.32 Å². The van der Waals surface area contributed by atoms with E-state index < -0.39 is 0 Å². The van der Waals surface area contributed by atoms with Gasteiger partial charge < -0.3 is 10.2 Å². The Kier molecular flexibility index (Phi) is 5.11. The van der Waals surface area contributed by atoms with Gasteiger partial charge in [-0.2, -0.15) is 0 Å². The number of likely N-dealkylation sites (tertiary alicyclic amines) is 1. The molecule has 2 aliphatic rings. The maximum Gasteiger partial charge on any atom is 0.00670 e. The highest BCUT2D eigenvalue weighted by molar-refractivity contribution is 4.76. The molecule has 0 aromatic carbocycles. The van der Waals surface area contributed by atoms with E-state index in [-0.39, 0.29) is 0 Å². The number of hydrogen-bond donors (Lipinski definition) is 1. The molecule has 0 aromatic heterocycles. The summed E-state index contributed by atoms with van der Waals surface area (Å²) in [7, 11) is 0. The van der Waals surface area contributed by atoms with Gasteiger partial charge in [-0.15, -0.1) is 0 Å². The lowest BCUT2D eigenvalue weighted by atomic mass is 10.1. The third kappa shape index (κ3) is 3.74. The van der Waals surface area contributed by atoms with Crippen LogP contribution in [0.15, 0.2) is 0 Å². The van der Waals surface area contributed by atoms with Crippen LogP contribution in [0.1, 0.15) is 51.9 Å². The zero-order valence-corrected chi connectivity index (χ0v) is 10.9. The van der Waals surface area contributed by atoms with Crippen LogP contribution in [0, 0.1) is 5.92 Å². The SMILES string of the molecule is CCC1CCN(CCCNC2CCCC2)C1. The van der Waals surface area contributed by atoms with Crippen LogP contribution in [0.2, 0.25) is 0 Å². The predicted octanol–water partition coefficient (Wildman–Crippen LogP) is 2.64. The standard InChI is InChI=1S/C14H28N2/c1-2-13-8-11-16(12-13)10-5-9-15-14-6-3-4-7-14/h13-15H,2-12H2,1H3. The number of hydrogen-bond acceptors (Lipinski definition) is 2. The second kappa shape index (κ2) is 6.61. The minimum absolute atomic E-state index is 0.849. The molecular formula is C14H28N2. The molecule has 1 atom stereocenters. The molecule has 1 aliphatic heterocycles. The first-order chi connectivity index (χ1) is 7.88. The first kappa shape index (κ1) is 12.4. The van der Waals surface area contributed by atoms with Gasteiger partial charge in [0.15, 0.2) is 0 Å². The van der Waals surface area contributed by atoms with E-state index in [1.54, 1.807) is 0 Å². The van der Waals surface area contributed by atoms with Crippen molar-refractivity contribution in [1.82, 2.24) is 10.2 Å². The molecular weight excluding hydrogens is 196 g/mol. The van der Waals surface area contributed by atoms with Crippen molar-refractivity contribution >= 4 is 0 Å². The molecule has 2 fully saturated rings. The van der Waals surface area contributed by atoms with E-state index in [9.17, 15) is 0 Å². The highest BCUT2D eigenvalue weighted by Gasteiger charge is 2.20. The van der Waals surface area contributed by atoms with E-state index in [4.69, 9.17) is 0 Å². The van der Waals surface area contributed by atoms with Crippen LogP contribution in [0.25, 0.3) is 0 Å². The van der Waals surface area contributed by atoms with Crippen LogP contribution in [0.4, 0.5) is 0 Å². The Morgan fingerprint density at radius 2 is 2.00 bits per heavy atom. The summed E-state index contributed by atoms with van der Waals surface area (Å²) in [6.45, 7) is 7.59. The maximum absolute atomic E-state index is 3.70. The van der Waals surface area contributed by atoms with E-state index in [2.05, 4.69) is 17.1 Å². The van der Waals surface area contributed by atoms with Gasteiger partial charge in [0, 0.05) is 12.6 Å². The summed E-state index contributed by atoms with van der Waals surface area (Å²) in [6, 6.07) is 0.849. The Labute approximate surface area is 101 Å². The van der Waals surface area contributed by atoms with Gasteiger partial charge in [0.25, 0.3) is 0 Å².